The molecule has 2 aromatic carbocycles. The molecule has 0 bridgehead atoms. The Bertz CT molecular complexity index is 1160. The van der Waals surface area contributed by atoms with Gasteiger partial charge in [-0.2, -0.15) is 0 Å². The van der Waals surface area contributed by atoms with Crippen LogP contribution in [0.15, 0.2) is 67.0 Å². The van der Waals surface area contributed by atoms with Crippen molar-refractivity contribution in [1.82, 2.24) is 14.5 Å². The summed E-state index contributed by atoms with van der Waals surface area (Å²) < 4.78 is 21.3. The van der Waals surface area contributed by atoms with Crippen LogP contribution in [0, 0.1) is 5.82 Å². The highest BCUT2D eigenvalue weighted by atomic mass is 19.1. The molecular weight excluding hydrogens is 385 g/mol. The first-order chi connectivity index (χ1) is 14.6. The van der Waals surface area contributed by atoms with Gasteiger partial charge < -0.3 is 9.84 Å². The van der Waals surface area contributed by atoms with Gasteiger partial charge in [0.1, 0.15) is 17.4 Å². The SMILES string of the molecule is O=C(O)CCCCOc1ccc2nc(-c3cccnc3)n(-c3ccc(F)cc3)c2c1. The van der Waals surface area contributed by atoms with Crippen LogP contribution in [0.4, 0.5) is 4.39 Å². The number of pyridine rings is 1. The van der Waals surface area contributed by atoms with Gasteiger partial charge in [-0.3, -0.25) is 14.3 Å². The summed E-state index contributed by atoms with van der Waals surface area (Å²) in [5.41, 5.74) is 3.21. The summed E-state index contributed by atoms with van der Waals surface area (Å²) in [7, 11) is 0. The maximum atomic E-state index is 13.5. The number of fused-ring (bicyclic) bond motifs is 1. The summed E-state index contributed by atoms with van der Waals surface area (Å²) in [4.78, 5) is 19.6. The van der Waals surface area contributed by atoms with E-state index in [9.17, 15) is 9.18 Å². The van der Waals surface area contributed by atoms with Crippen LogP contribution in [-0.2, 0) is 4.79 Å². The summed E-state index contributed by atoms with van der Waals surface area (Å²) >= 11 is 0. The zero-order chi connectivity index (χ0) is 20.9. The van der Waals surface area contributed by atoms with Crippen molar-refractivity contribution >= 4 is 17.0 Å². The Morgan fingerprint density at radius 2 is 1.93 bits per heavy atom. The van der Waals surface area contributed by atoms with Crippen molar-refractivity contribution in [1.29, 1.82) is 0 Å². The van der Waals surface area contributed by atoms with Crippen molar-refractivity contribution in [3.8, 4) is 22.8 Å². The number of nitrogens with zero attached hydrogens (tertiary/aromatic N) is 3. The summed E-state index contributed by atoms with van der Waals surface area (Å²) in [5, 5.41) is 8.72. The van der Waals surface area contributed by atoms with Crippen molar-refractivity contribution in [2.75, 3.05) is 6.61 Å². The van der Waals surface area contributed by atoms with Gasteiger partial charge in [-0.25, -0.2) is 9.37 Å². The molecule has 2 aromatic heterocycles. The molecule has 30 heavy (non-hydrogen) atoms. The maximum absolute atomic E-state index is 13.5. The largest absolute Gasteiger partial charge is 0.494 e. The van der Waals surface area contributed by atoms with E-state index in [0.717, 1.165) is 22.3 Å². The third-order valence-corrected chi connectivity index (χ3v) is 4.68. The number of imidazole rings is 1. The molecule has 152 valence electrons. The van der Waals surface area contributed by atoms with Crippen LogP contribution in [0.5, 0.6) is 5.75 Å². The number of aliphatic carboxylic acids is 1. The van der Waals surface area contributed by atoms with Crippen LogP contribution in [0.2, 0.25) is 0 Å². The molecular formula is C23H20FN3O3. The summed E-state index contributed by atoms with van der Waals surface area (Å²) in [6, 6.07) is 15.6. The van der Waals surface area contributed by atoms with Gasteiger partial charge in [0.2, 0.25) is 0 Å². The summed E-state index contributed by atoms with van der Waals surface area (Å²) in [6.45, 7) is 0.429. The topological polar surface area (TPSA) is 77.2 Å². The lowest BCUT2D eigenvalue weighted by molar-refractivity contribution is -0.137. The fourth-order valence-corrected chi connectivity index (χ4v) is 3.25. The third kappa shape index (κ3) is 4.30. The third-order valence-electron chi connectivity index (χ3n) is 4.68. The van der Waals surface area contributed by atoms with Crippen molar-refractivity contribution in [2.24, 2.45) is 0 Å². The number of hydrogen-bond donors (Lipinski definition) is 1. The molecule has 0 amide bonds. The van der Waals surface area contributed by atoms with Gasteiger partial charge in [0.15, 0.2) is 0 Å². The Kier molecular flexibility index (Phi) is 5.70. The van der Waals surface area contributed by atoms with Crippen LogP contribution in [0.1, 0.15) is 19.3 Å². The molecule has 0 fully saturated rings. The van der Waals surface area contributed by atoms with Crippen molar-refractivity contribution in [3.63, 3.8) is 0 Å². The molecule has 0 saturated heterocycles. The monoisotopic (exact) mass is 405 g/mol. The van der Waals surface area contributed by atoms with E-state index < -0.39 is 5.97 Å². The number of aromatic nitrogens is 3. The lowest BCUT2D eigenvalue weighted by Gasteiger charge is -2.10. The van der Waals surface area contributed by atoms with Gasteiger partial charge in [-0.1, -0.05) is 0 Å². The van der Waals surface area contributed by atoms with Crippen LogP contribution >= 0.6 is 0 Å². The predicted octanol–water partition coefficient (Wildman–Crippen LogP) is 4.86. The van der Waals surface area contributed by atoms with E-state index in [4.69, 9.17) is 14.8 Å². The molecule has 0 radical (unpaired) electrons. The molecule has 2 heterocycles. The molecule has 1 N–H and O–H groups in total. The van der Waals surface area contributed by atoms with E-state index in [1.165, 1.54) is 12.1 Å². The van der Waals surface area contributed by atoms with Crippen LogP contribution in [0.3, 0.4) is 0 Å². The van der Waals surface area contributed by atoms with Crippen LogP contribution in [0.25, 0.3) is 28.1 Å². The minimum absolute atomic E-state index is 0.133. The number of hydrogen-bond acceptors (Lipinski definition) is 4. The highest BCUT2D eigenvalue weighted by molar-refractivity contribution is 5.84. The van der Waals surface area contributed by atoms with E-state index >= 15 is 0 Å². The molecule has 0 aliphatic carbocycles. The first-order valence-corrected chi connectivity index (χ1v) is 9.65. The summed E-state index contributed by atoms with van der Waals surface area (Å²) in [6.07, 6.45) is 4.79. The van der Waals surface area contributed by atoms with Gasteiger partial charge in [0, 0.05) is 36.1 Å². The standard InChI is InChI=1S/C23H20FN3O3/c24-17-6-8-18(9-7-17)27-21-14-19(30-13-2-1-5-22(28)29)10-11-20(21)26-23(27)16-4-3-12-25-15-16/h3-4,6-12,14-15H,1-2,5,13H2,(H,28,29). The Labute approximate surface area is 172 Å². The van der Waals surface area contributed by atoms with E-state index in [1.807, 2.05) is 34.9 Å². The molecule has 7 heteroatoms. The lowest BCUT2D eigenvalue weighted by Crippen LogP contribution is -2.01. The molecule has 0 unspecified atom stereocenters. The zero-order valence-corrected chi connectivity index (χ0v) is 16.2. The second-order valence-electron chi connectivity index (χ2n) is 6.84. The van der Waals surface area contributed by atoms with E-state index in [0.29, 0.717) is 31.0 Å². The first kappa shape index (κ1) is 19.6. The Hall–Kier alpha value is -3.74. The number of benzene rings is 2. The molecule has 0 spiro atoms. The molecule has 0 atom stereocenters. The van der Waals surface area contributed by atoms with Crippen molar-refractivity contribution in [2.45, 2.75) is 19.3 Å². The summed E-state index contributed by atoms with van der Waals surface area (Å²) in [5.74, 6) is 0.251. The molecule has 0 aliphatic heterocycles. The number of halogens is 1. The molecule has 0 aliphatic rings. The van der Waals surface area contributed by atoms with E-state index in [2.05, 4.69) is 4.98 Å². The highest BCUT2D eigenvalue weighted by Crippen LogP contribution is 2.30. The number of unbranched alkanes of at least 4 members (excludes halogenated alkanes) is 1. The minimum atomic E-state index is -0.803. The highest BCUT2D eigenvalue weighted by Gasteiger charge is 2.15. The first-order valence-electron chi connectivity index (χ1n) is 9.65. The quantitative estimate of drug-likeness (QED) is 0.424. The van der Waals surface area contributed by atoms with Gasteiger partial charge in [-0.15, -0.1) is 0 Å². The second kappa shape index (κ2) is 8.73. The zero-order valence-electron chi connectivity index (χ0n) is 16.2. The number of ether oxygens (including phenoxy) is 1. The van der Waals surface area contributed by atoms with Crippen LogP contribution in [-0.4, -0.2) is 32.2 Å². The van der Waals surface area contributed by atoms with Gasteiger partial charge >= 0.3 is 5.97 Å². The van der Waals surface area contributed by atoms with Crippen molar-refractivity contribution < 1.29 is 19.0 Å². The Morgan fingerprint density at radius 1 is 1.10 bits per heavy atom. The lowest BCUT2D eigenvalue weighted by atomic mass is 10.2. The smallest absolute Gasteiger partial charge is 0.303 e. The maximum Gasteiger partial charge on any atom is 0.303 e. The fourth-order valence-electron chi connectivity index (χ4n) is 3.25. The number of rotatable bonds is 8. The molecule has 4 aromatic rings. The average molecular weight is 405 g/mol. The van der Waals surface area contributed by atoms with Gasteiger partial charge in [-0.05, 0) is 61.4 Å². The molecule has 0 saturated carbocycles. The van der Waals surface area contributed by atoms with E-state index in [-0.39, 0.29) is 12.2 Å². The second-order valence-corrected chi connectivity index (χ2v) is 6.84. The molecule has 6 nitrogen and oxygen atoms in total. The van der Waals surface area contributed by atoms with Gasteiger partial charge in [0.25, 0.3) is 0 Å². The Balaban J connectivity index is 1.70. The van der Waals surface area contributed by atoms with Crippen molar-refractivity contribution in [3.05, 3.63) is 72.8 Å². The van der Waals surface area contributed by atoms with Gasteiger partial charge in [0.05, 0.1) is 17.6 Å². The predicted molar refractivity (Wildman–Crippen MR) is 111 cm³/mol. The number of carboxylic acid groups (broad SMARTS) is 1. The Morgan fingerprint density at radius 3 is 2.67 bits per heavy atom. The van der Waals surface area contributed by atoms with E-state index in [1.54, 1.807) is 24.5 Å². The normalized spacial score (nSPS) is 11.0. The number of carbonyl (C=O) groups is 1. The molecule has 4 rings (SSSR count). The number of carboxylic acids is 1. The van der Waals surface area contributed by atoms with Crippen LogP contribution < -0.4 is 4.74 Å². The fraction of sp³-hybridized carbons (Fsp3) is 0.174. The minimum Gasteiger partial charge on any atom is -0.494 e. The average Bonchev–Trinajstić information content (AvgIpc) is 3.13.